The number of halogens is 2. The molecule has 0 fully saturated rings. The fourth-order valence-electron chi connectivity index (χ4n) is 1.80. The first-order valence-electron chi connectivity index (χ1n) is 5.13. The van der Waals surface area contributed by atoms with Crippen LogP contribution in [0, 0.1) is 3.57 Å². The second-order valence-corrected chi connectivity index (χ2v) is 5.72. The molecule has 0 atom stereocenters. The Bertz CT molecular complexity index is 691. The Labute approximate surface area is 121 Å². The van der Waals surface area contributed by atoms with Crippen molar-refractivity contribution in [3.8, 4) is 5.69 Å². The zero-order valence-electron chi connectivity index (χ0n) is 8.77. The van der Waals surface area contributed by atoms with Crippen molar-refractivity contribution in [1.29, 1.82) is 0 Å². The molecule has 0 bridgehead atoms. The first kappa shape index (κ1) is 11.2. The number of hydrogen-bond donors (Lipinski definition) is 0. The van der Waals surface area contributed by atoms with E-state index in [9.17, 15) is 0 Å². The maximum absolute atomic E-state index is 4.39. The van der Waals surface area contributed by atoms with E-state index in [4.69, 9.17) is 0 Å². The lowest BCUT2D eigenvalue weighted by Crippen LogP contribution is -1.92. The summed E-state index contributed by atoms with van der Waals surface area (Å²) in [6.45, 7) is 0. The van der Waals surface area contributed by atoms with Crippen LogP contribution in [-0.2, 0) is 0 Å². The van der Waals surface area contributed by atoms with Crippen molar-refractivity contribution >= 4 is 49.6 Å². The summed E-state index contributed by atoms with van der Waals surface area (Å²) >= 11 is 5.86. The first-order chi connectivity index (χ1) is 8.25. The van der Waals surface area contributed by atoms with Gasteiger partial charge in [0.25, 0.3) is 0 Å². The molecule has 2 aromatic carbocycles. The van der Waals surface area contributed by atoms with E-state index in [0.29, 0.717) is 0 Å². The molecule has 2 nitrogen and oxygen atoms in total. The Morgan fingerprint density at radius 3 is 2.76 bits per heavy atom. The average molecular weight is 399 g/mol. The molecule has 0 saturated carbocycles. The molecule has 3 rings (SSSR count). The van der Waals surface area contributed by atoms with Crippen LogP contribution >= 0.6 is 38.5 Å². The molecular formula is C13H8BrIN2. The highest BCUT2D eigenvalue weighted by Gasteiger charge is 2.05. The summed E-state index contributed by atoms with van der Waals surface area (Å²) < 4.78 is 4.40. The molecule has 0 aliphatic heterocycles. The quantitative estimate of drug-likeness (QED) is 0.556. The summed E-state index contributed by atoms with van der Waals surface area (Å²) in [5.74, 6) is 0. The van der Waals surface area contributed by atoms with Crippen molar-refractivity contribution in [3.63, 3.8) is 0 Å². The lowest BCUT2D eigenvalue weighted by atomic mass is 10.3. The van der Waals surface area contributed by atoms with Crippen molar-refractivity contribution in [1.82, 2.24) is 9.55 Å². The van der Waals surface area contributed by atoms with Gasteiger partial charge >= 0.3 is 0 Å². The van der Waals surface area contributed by atoms with Crippen LogP contribution in [-0.4, -0.2) is 9.55 Å². The van der Waals surface area contributed by atoms with Crippen molar-refractivity contribution in [2.75, 3.05) is 0 Å². The molecule has 0 aliphatic rings. The van der Waals surface area contributed by atoms with Gasteiger partial charge in [0.05, 0.1) is 11.0 Å². The molecule has 0 radical (unpaired) electrons. The molecule has 3 aromatic rings. The highest BCUT2D eigenvalue weighted by molar-refractivity contribution is 14.1. The van der Waals surface area contributed by atoms with Gasteiger partial charge in [-0.1, -0.05) is 12.1 Å². The summed E-state index contributed by atoms with van der Waals surface area (Å²) in [5, 5.41) is 0. The van der Waals surface area contributed by atoms with E-state index in [1.165, 1.54) is 3.57 Å². The van der Waals surface area contributed by atoms with Crippen LogP contribution in [0.4, 0.5) is 0 Å². The van der Waals surface area contributed by atoms with Crippen LogP contribution < -0.4 is 0 Å². The van der Waals surface area contributed by atoms with Gasteiger partial charge in [-0.05, 0) is 68.9 Å². The molecule has 0 spiro atoms. The van der Waals surface area contributed by atoms with E-state index >= 15 is 0 Å². The van der Waals surface area contributed by atoms with Gasteiger partial charge in [-0.25, -0.2) is 4.98 Å². The van der Waals surface area contributed by atoms with Gasteiger partial charge in [0.15, 0.2) is 0 Å². The predicted molar refractivity (Wildman–Crippen MR) is 81.5 cm³/mol. The Balaban J connectivity index is 2.24. The number of nitrogens with zero attached hydrogens (tertiary/aromatic N) is 2. The number of hydrogen-bond acceptors (Lipinski definition) is 1. The minimum Gasteiger partial charge on any atom is -0.299 e. The van der Waals surface area contributed by atoms with Gasteiger partial charge in [0.2, 0.25) is 0 Å². The van der Waals surface area contributed by atoms with Gasteiger partial charge in [-0.15, -0.1) is 0 Å². The molecule has 0 amide bonds. The van der Waals surface area contributed by atoms with E-state index < -0.39 is 0 Å². The highest BCUT2D eigenvalue weighted by Crippen LogP contribution is 2.24. The fourth-order valence-corrected chi connectivity index (χ4v) is 2.50. The van der Waals surface area contributed by atoms with Crippen molar-refractivity contribution in [2.45, 2.75) is 0 Å². The number of aromatic nitrogens is 2. The van der Waals surface area contributed by atoms with Crippen LogP contribution in [0.5, 0.6) is 0 Å². The maximum Gasteiger partial charge on any atom is 0.100 e. The fraction of sp³-hybridized carbons (Fsp3) is 0. The molecular weight excluding hydrogens is 391 g/mol. The lowest BCUT2D eigenvalue weighted by molar-refractivity contribution is 1.09. The van der Waals surface area contributed by atoms with Gasteiger partial charge in [-0.2, -0.15) is 0 Å². The molecule has 0 aliphatic carbocycles. The van der Waals surface area contributed by atoms with Crippen molar-refractivity contribution in [3.05, 3.63) is 56.8 Å². The zero-order chi connectivity index (χ0) is 11.8. The Morgan fingerprint density at radius 1 is 1.12 bits per heavy atom. The second kappa shape index (κ2) is 4.42. The van der Waals surface area contributed by atoms with Crippen LogP contribution in [0.1, 0.15) is 0 Å². The highest BCUT2D eigenvalue weighted by atomic mass is 127. The minimum atomic E-state index is 1.02. The van der Waals surface area contributed by atoms with E-state index in [-0.39, 0.29) is 0 Å². The molecule has 84 valence electrons. The van der Waals surface area contributed by atoms with Gasteiger partial charge < -0.3 is 0 Å². The third kappa shape index (κ3) is 1.99. The molecule has 0 saturated heterocycles. The number of benzene rings is 2. The van der Waals surface area contributed by atoms with E-state index in [0.717, 1.165) is 21.2 Å². The van der Waals surface area contributed by atoms with Crippen LogP contribution in [0.3, 0.4) is 0 Å². The number of para-hydroxylation sites is 2. The molecule has 17 heavy (non-hydrogen) atoms. The van der Waals surface area contributed by atoms with Gasteiger partial charge in [0, 0.05) is 13.7 Å². The third-order valence-electron chi connectivity index (χ3n) is 2.63. The molecule has 4 heteroatoms. The summed E-state index contributed by atoms with van der Waals surface area (Å²) in [6.07, 6.45) is 1.86. The molecule has 1 heterocycles. The monoisotopic (exact) mass is 398 g/mol. The summed E-state index contributed by atoms with van der Waals surface area (Å²) in [4.78, 5) is 4.39. The summed E-state index contributed by atoms with van der Waals surface area (Å²) in [7, 11) is 0. The lowest BCUT2D eigenvalue weighted by Gasteiger charge is -2.05. The second-order valence-electron chi connectivity index (χ2n) is 3.70. The zero-order valence-corrected chi connectivity index (χ0v) is 12.5. The molecule has 0 N–H and O–H groups in total. The first-order valence-corrected chi connectivity index (χ1v) is 7.00. The largest absolute Gasteiger partial charge is 0.299 e. The Hall–Kier alpha value is -0.880. The van der Waals surface area contributed by atoms with Crippen molar-refractivity contribution < 1.29 is 0 Å². The third-order valence-corrected chi connectivity index (χ3v) is 4.97. The smallest absolute Gasteiger partial charge is 0.100 e. The summed E-state index contributed by atoms with van der Waals surface area (Å²) in [6, 6.07) is 14.4. The minimum absolute atomic E-state index is 1.02. The average Bonchev–Trinajstić information content (AvgIpc) is 2.76. The SMILES string of the molecule is Brc1cc(-n2cnc3ccccc32)ccc1I. The van der Waals surface area contributed by atoms with E-state index in [2.05, 4.69) is 72.3 Å². The van der Waals surface area contributed by atoms with E-state index in [1.54, 1.807) is 0 Å². The van der Waals surface area contributed by atoms with Crippen LogP contribution in [0.15, 0.2) is 53.3 Å². The number of fused-ring (bicyclic) bond motifs is 1. The van der Waals surface area contributed by atoms with E-state index in [1.807, 2.05) is 24.5 Å². The van der Waals surface area contributed by atoms with Crippen LogP contribution in [0.25, 0.3) is 16.7 Å². The van der Waals surface area contributed by atoms with Gasteiger partial charge in [0.1, 0.15) is 6.33 Å². The Morgan fingerprint density at radius 2 is 1.94 bits per heavy atom. The molecule has 0 unspecified atom stereocenters. The molecule has 1 aromatic heterocycles. The topological polar surface area (TPSA) is 17.8 Å². The summed E-state index contributed by atoms with van der Waals surface area (Å²) in [5.41, 5.74) is 3.26. The number of imidazole rings is 1. The maximum atomic E-state index is 4.39. The normalized spacial score (nSPS) is 10.9. The number of rotatable bonds is 1. The van der Waals surface area contributed by atoms with Crippen LogP contribution in [0.2, 0.25) is 0 Å². The van der Waals surface area contributed by atoms with Gasteiger partial charge in [-0.3, -0.25) is 4.57 Å². The predicted octanol–water partition coefficient (Wildman–Crippen LogP) is 4.39. The Kier molecular flexibility index (Phi) is 2.92. The standard InChI is InChI=1S/C13H8BrIN2/c14-10-7-9(5-6-11(10)15)17-8-16-12-3-1-2-4-13(12)17/h1-8H. The van der Waals surface area contributed by atoms with Crippen molar-refractivity contribution in [2.24, 2.45) is 0 Å².